The highest BCUT2D eigenvalue weighted by molar-refractivity contribution is 5.97. The third-order valence-corrected chi connectivity index (χ3v) is 3.74. The van der Waals surface area contributed by atoms with Crippen molar-refractivity contribution in [2.45, 2.75) is 12.3 Å². The van der Waals surface area contributed by atoms with Crippen LogP contribution in [-0.2, 0) is 0 Å². The highest BCUT2D eigenvalue weighted by Crippen LogP contribution is 2.35. The van der Waals surface area contributed by atoms with E-state index in [0.717, 1.165) is 5.56 Å². The second-order valence-corrected chi connectivity index (χ2v) is 5.15. The van der Waals surface area contributed by atoms with Crippen molar-refractivity contribution in [2.75, 3.05) is 13.9 Å². The van der Waals surface area contributed by atoms with Gasteiger partial charge in [-0.05, 0) is 29.8 Å². The van der Waals surface area contributed by atoms with Crippen LogP contribution in [0.2, 0.25) is 0 Å². The normalized spacial score (nSPS) is 13.2. The molecule has 0 saturated carbocycles. The fourth-order valence-electron chi connectivity index (χ4n) is 2.47. The first-order chi connectivity index (χ1) is 11.2. The lowest BCUT2D eigenvalue weighted by atomic mass is 9.92. The van der Waals surface area contributed by atoms with E-state index in [2.05, 4.69) is 6.07 Å². The zero-order valence-corrected chi connectivity index (χ0v) is 12.6. The van der Waals surface area contributed by atoms with Crippen LogP contribution in [0.1, 0.15) is 28.3 Å². The summed E-state index contributed by atoms with van der Waals surface area (Å²) in [6, 6.07) is 14.4. The Bertz CT molecular complexity index is 779. The molecule has 2 aromatic rings. The molecule has 0 amide bonds. The van der Waals surface area contributed by atoms with Crippen LogP contribution >= 0.6 is 0 Å². The molecule has 23 heavy (non-hydrogen) atoms. The van der Waals surface area contributed by atoms with Gasteiger partial charge in [0.25, 0.3) is 0 Å². The first kappa shape index (κ1) is 14.9. The molecule has 1 aliphatic heterocycles. The van der Waals surface area contributed by atoms with Gasteiger partial charge in [0.15, 0.2) is 17.3 Å². The van der Waals surface area contributed by atoms with Crippen LogP contribution in [0.25, 0.3) is 0 Å². The second kappa shape index (κ2) is 6.41. The highest BCUT2D eigenvalue weighted by atomic mass is 16.7. The number of rotatable bonds is 5. The van der Waals surface area contributed by atoms with Gasteiger partial charge >= 0.3 is 0 Å². The highest BCUT2D eigenvalue weighted by Gasteiger charge is 2.21. The van der Waals surface area contributed by atoms with Crippen LogP contribution in [-0.4, -0.2) is 19.7 Å². The van der Waals surface area contributed by atoms with Crippen molar-refractivity contribution in [2.24, 2.45) is 0 Å². The van der Waals surface area contributed by atoms with Crippen LogP contribution in [0.5, 0.6) is 17.2 Å². The summed E-state index contributed by atoms with van der Waals surface area (Å²) in [5, 5.41) is 9.43. The van der Waals surface area contributed by atoms with Crippen LogP contribution in [0.15, 0.2) is 42.5 Å². The Labute approximate surface area is 134 Å². The topological polar surface area (TPSA) is 68.6 Å². The zero-order chi connectivity index (χ0) is 16.2. The third-order valence-electron chi connectivity index (χ3n) is 3.74. The van der Waals surface area contributed by atoms with E-state index in [0.29, 0.717) is 22.8 Å². The Hall–Kier alpha value is -3.00. The van der Waals surface area contributed by atoms with Crippen molar-refractivity contribution in [3.05, 3.63) is 53.6 Å². The number of nitriles is 1. The Morgan fingerprint density at radius 1 is 1.26 bits per heavy atom. The minimum absolute atomic E-state index is 0.101. The Morgan fingerprint density at radius 3 is 2.87 bits per heavy atom. The van der Waals surface area contributed by atoms with Gasteiger partial charge in [0.2, 0.25) is 6.79 Å². The number of hydrogen-bond donors (Lipinski definition) is 0. The second-order valence-electron chi connectivity index (χ2n) is 5.15. The summed E-state index contributed by atoms with van der Waals surface area (Å²) < 4.78 is 15.7. The number of Topliss-reactive ketones (excluding diaryl/α,β-unsaturated/α-hetero) is 1. The van der Waals surface area contributed by atoms with Gasteiger partial charge in [0, 0.05) is 12.0 Å². The van der Waals surface area contributed by atoms with Crippen LogP contribution in [0, 0.1) is 11.3 Å². The van der Waals surface area contributed by atoms with Crippen molar-refractivity contribution >= 4 is 5.78 Å². The van der Waals surface area contributed by atoms with E-state index in [1.165, 1.54) is 0 Å². The molecule has 1 unspecified atom stereocenters. The Balaban J connectivity index is 1.79. The van der Waals surface area contributed by atoms with Gasteiger partial charge in [-0.25, -0.2) is 0 Å². The monoisotopic (exact) mass is 309 g/mol. The quantitative estimate of drug-likeness (QED) is 0.793. The predicted molar refractivity (Wildman–Crippen MR) is 82.9 cm³/mol. The smallest absolute Gasteiger partial charge is 0.231 e. The summed E-state index contributed by atoms with van der Waals surface area (Å²) >= 11 is 0. The summed E-state index contributed by atoms with van der Waals surface area (Å²) in [5.74, 6) is 1.24. The standard InChI is InChI=1S/C18H15NO4/c1-21-15-4-2-3-13(7-15)16(20)8-14(10-19)12-5-6-17-18(9-12)23-11-22-17/h2-7,9,14H,8,11H2,1H3. The average molecular weight is 309 g/mol. The van der Waals surface area contributed by atoms with Gasteiger partial charge in [-0.3, -0.25) is 4.79 Å². The predicted octanol–water partition coefficient (Wildman–Crippen LogP) is 3.30. The van der Waals surface area contributed by atoms with E-state index in [-0.39, 0.29) is 19.0 Å². The summed E-state index contributed by atoms with van der Waals surface area (Å²) in [4.78, 5) is 12.4. The number of carbonyl (C=O) groups is 1. The molecule has 0 fully saturated rings. The van der Waals surface area contributed by atoms with Gasteiger partial charge in [-0.1, -0.05) is 18.2 Å². The number of ether oxygens (including phenoxy) is 3. The summed E-state index contributed by atoms with van der Waals surface area (Å²) in [7, 11) is 1.55. The SMILES string of the molecule is COc1cccc(C(=O)CC(C#N)c2ccc3c(c2)OCO3)c1. The maximum atomic E-state index is 12.4. The van der Waals surface area contributed by atoms with Crippen LogP contribution in [0.4, 0.5) is 0 Å². The lowest BCUT2D eigenvalue weighted by Gasteiger charge is -2.10. The molecule has 0 N–H and O–H groups in total. The lowest BCUT2D eigenvalue weighted by Crippen LogP contribution is -2.06. The fraction of sp³-hybridized carbons (Fsp3) is 0.222. The molecular weight excluding hydrogens is 294 g/mol. The summed E-state index contributed by atoms with van der Waals surface area (Å²) in [6.07, 6.45) is 0.101. The number of methoxy groups -OCH3 is 1. The molecule has 2 aromatic carbocycles. The van der Waals surface area contributed by atoms with Crippen molar-refractivity contribution in [3.63, 3.8) is 0 Å². The number of hydrogen-bond acceptors (Lipinski definition) is 5. The first-order valence-corrected chi connectivity index (χ1v) is 7.17. The molecule has 116 valence electrons. The third kappa shape index (κ3) is 3.11. The Morgan fingerprint density at radius 2 is 2.09 bits per heavy atom. The lowest BCUT2D eigenvalue weighted by molar-refractivity contribution is 0.0978. The van der Waals surface area contributed by atoms with Gasteiger partial charge < -0.3 is 14.2 Å². The largest absolute Gasteiger partial charge is 0.497 e. The summed E-state index contributed by atoms with van der Waals surface area (Å²) in [5.41, 5.74) is 1.28. The zero-order valence-electron chi connectivity index (χ0n) is 12.6. The molecule has 1 heterocycles. The molecule has 1 aliphatic rings. The number of carbonyl (C=O) groups excluding carboxylic acids is 1. The van der Waals surface area contributed by atoms with E-state index < -0.39 is 5.92 Å². The van der Waals surface area contributed by atoms with Crippen LogP contribution < -0.4 is 14.2 Å². The van der Waals surface area contributed by atoms with E-state index in [1.54, 1.807) is 49.6 Å². The first-order valence-electron chi connectivity index (χ1n) is 7.17. The molecule has 0 spiro atoms. The molecule has 5 heteroatoms. The molecule has 0 saturated heterocycles. The molecular formula is C18H15NO4. The molecule has 1 atom stereocenters. The maximum Gasteiger partial charge on any atom is 0.231 e. The summed E-state index contributed by atoms with van der Waals surface area (Å²) in [6.45, 7) is 0.179. The number of ketones is 1. The van der Waals surface area contributed by atoms with E-state index in [9.17, 15) is 10.1 Å². The number of benzene rings is 2. The van der Waals surface area contributed by atoms with Crippen molar-refractivity contribution < 1.29 is 19.0 Å². The molecule has 0 radical (unpaired) electrons. The van der Waals surface area contributed by atoms with Gasteiger partial charge in [0.1, 0.15) is 5.75 Å². The molecule has 0 aromatic heterocycles. The van der Waals surface area contributed by atoms with E-state index >= 15 is 0 Å². The van der Waals surface area contributed by atoms with E-state index in [1.807, 2.05) is 0 Å². The molecule has 0 aliphatic carbocycles. The average Bonchev–Trinajstić information content (AvgIpc) is 3.07. The maximum absolute atomic E-state index is 12.4. The molecule has 3 rings (SSSR count). The van der Waals surface area contributed by atoms with Crippen molar-refractivity contribution in [1.29, 1.82) is 5.26 Å². The van der Waals surface area contributed by atoms with Crippen molar-refractivity contribution in [1.82, 2.24) is 0 Å². The van der Waals surface area contributed by atoms with Gasteiger partial charge in [0.05, 0.1) is 19.1 Å². The number of nitrogens with zero attached hydrogens (tertiary/aromatic N) is 1. The molecule has 5 nitrogen and oxygen atoms in total. The van der Waals surface area contributed by atoms with Crippen LogP contribution in [0.3, 0.4) is 0 Å². The van der Waals surface area contributed by atoms with Gasteiger partial charge in [-0.2, -0.15) is 5.26 Å². The van der Waals surface area contributed by atoms with Crippen molar-refractivity contribution in [3.8, 4) is 23.3 Å². The fourth-order valence-corrected chi connectivity index (χ4v) is 2.47. The van der Waals surface area contributed by atoms with Gasteiger partial charge in [-0.15, -0.1) is 0 Å². The Kier molecular flexibility index (Phi) is 4.15. The molecule has 0 bridgehead atoms. The van der Waals surface area contributed by atoms with E-state index in [4.69, 9.17) is 14.2 Å². The minimum Gasteiger partial charge on any atom is -0.497 e. The number of fused-ring (bicyclic) bond motifs is 1. The minimum atomic E-state index is -0.539.